The lowest BCUT2D eigenvalue weighted by atomic mass is 9.88. The van der Waals surface area contributed by atoms with Gasteiger partial charge in [-0.05, 0) is 79.9 Å². The Hall–Kier alpha value is -2.92. The largest absolute Gasteiger partial charge is 0.497 e. The van der Waals surface area contributed by atoms with Gasteiger partial charge in [0.05, 0.1) is 18.0 Å². The summed E-state index contributed by atoms with van der Waals surface area (Å²) in [5.74, 6) is 0.731. The summed E-state index contributed by atoms with van der Waals surface area (Å²) >= 11 is 0. The van der Waals surface area contributed by atoms with Gasteiger partial charge in [-0.1, -0.05) is 12.1 Å². The molecule has 226 valence electrons. The van der Waals surface area contributed by atoms with Crippen LogP contribution in [0.25, 0.3) is 10.8 Å². The topological polar surface area (TPSA) is 78.3 Å². The molecule has 3 aliphatic rings. The first-order chi connectivity index (χ1) is 20.2. The lowest BCUT2D eigenvalue weighted by molar-refractivity contribution is -0.134. The summed E-state index contributed by atoms with van der Waals surface area (Å²) in [7, 11) is 1.85. The molecule has 10 heteroatoms. The highest BCUT2D eigenvalue weighted by Gasteiger charge is 2.39. The normalized spacial score (nSPS) is 24.4. The fourth-order valence-electron chi connectivity index (χ4n) is 7.08. The molecule has 3 aromatic rings. The second-order valence-electron chi connectivity index (χ2n) is 12.2. The van der Waals surface area contributed by atoms with Crippen molar-refractivity contribution in [2.24, 2.45) is 0 Å². The summed E-state index contributed by atoms with van der Waals surface area (Å²) in [5.41, 5.74) is 0.871. The highest BCUT2D eigenvalue weighted by Crippen LogP contribution is 2.36. The first kappa shape index (κ1) is 29.2. The lowest BCUT2D eigenvalue weighted by Crippen LogP contribution is -2.53. The van der Waals surface area contributed by atoms with Gasteiger partial charge >= 0.3 is 0 Å². The molecular weight excluding hydrogens is 550 g/mol. The highest BCUT2D eigenvalue weighted by molar-refractivity contribution is 7.89. The van der Waals surface area contributed by atoms with E-state index in [-0.39, 0.29) is 23.3 Å². The molecular formula is C32H43N5O4S. The van der Waals surface area contributed by atoms with Crippen molar-refractivity contribution in [1.29, 1.82) is 0 Å². The minimum absolute atomic E-state index is 0.00415. The van der Waals surface area contributed by atoms with E-state index in [1.165, 1.54) is 6.42 Å². The van der Waals surface area contributed by atoms with Crippen molar-refractivity contribution in [1.82, 2.24) is 23.6 Å². The Kier molecular flexibility index (Phi) is 8.33. The van der Waals surface area contributed by atoms with Crippen LogP contribution < -0.4 is 4.74 Å². The number of benzene rings is 2. The predicted molar refractivity (Wildman–Crippen MR) is 164 cm³/mol. The number of methoxy groups -OCH3 is 1. The van der Waals surface area contributed by atoms with Gasteiger partial charge < -0.3 is 19.1 Å². The van der Waals surface area contributed by atoms with E-state index in [0.717, 1.165) is 67.7 Å². The molecule has 3 heterocycles. The standard InChI is InChI=1S/C32H43N5O4S/c1-33-14-16-35(17-15-33)27-7-4-6-26(22-27)34(2)32(38)23-31-30-8-5-13-36(30)18-19-37(31)42(39,40)29-12-10-24-20-28(41-3)11-9-25(24)21-29/h5,8-13,20-21,26-27,31H,4,6-7,14-19,22-23H2,1-3H3/t26-,27-,31?/m0/s1. The fraction of sp³-hybridized carbons (Fsp3) is 0.531. The molecule has 2 fully saturated rings. The van der Waals surface area contributed by atoms with Crippen molar-refractivity contribution in [2.75, 3.05) is 53.9 Å². The molecule has 0 spiro atoms. The van der Waals surface area contributed by atoms with Crippen molar-refractivity contribution in [3.05, 3.63) is 60.4 Å². The van der Waals surface area contributed by atoms with Crippen molar-refractivity contribution in [3.8, 4) is 5.75 Å². The zero-order valence-corrected chi connectivity index (χ0v) is 25.8. The van der Waals surface area contributed by atoms with Gasteiger partial charge in [0.15, 0.2) is 0 Å². The first-order valence-electron chi connectivity index (χ1n) is 15.2. The number of sulfonamides is 1. The van der Waals surface area contributed by atoms with E-state index >= 15 is 0 Å². The van der Waals surface area contributed by atoms with Gasteiger partial charge in [0.25, 0.3) is 0 Å². The molecule has 1 aliphatic carbocycles. The quantitative estimate of drug-likeness (QED) is 0.415. The maximum Gasteiger partial charge on any atom is 0.243 e. The van der Waals surface area contributed by atoms with Crippen molar-refractivity contribution < 1.29 is 17.9 Å². The fourth-order valence-corrected chi connectivity index (χ4v) is 8.71. The molecule has 1 aromatic heterocycles. The van der Waals surface area contributed by atoms with Crippen LogP contribution >= 0.6 is 0 Å². The summed E-state index contributed by atoms with van der Waals surface area (Å²) in [6.07, 6.45) is 6.38. The number of carbonyl (C=O) groups is 1. The van der Waals surface area contributed by atoms with E-state index in [4.69, 9.17) is 4.74 Å². The molecule has 1 unspecified atom stereocenters. The molecule has 3 atom stereocenters. The monoisotopic (exact) mass is 593 g/mol. The summed E-state index contributed by atoms with van der Waals surface area (Å²) in [5, 5.41) is 1.74. The van der Waals surface area contributed by atoms with Crippen LogP contribution in [-0.4, -0.2) is 104 Å². The van der Waals surface area contributed by atoms with Crippen LogP contribution in [0.4, 0.5) is 0 Å². The Morgan fingerprint density at radius 2 is 1.74 bits per heavy atom. The van der Waals surface area contributed by atoms with Crippen LogP contribution in [-0.2, 0) is 21.4 Å². The number of hydrogen-bond acceptors (Lipinski definition) is 6. The van der Waals surface area contributed by atoms with E-state index in [0.29, 0.717) is 19.1 Å². The van der Waals surface area contributed by atoms with E-state index in [2.05, 4.69) is 21.4 Å². The van der Waals surface area contributed by atoms with Crippen molar-refractivity contribution >= 4 is 26.7 Å². The summed E-state index contributed by atoms with van der Waals surface area (Å²) < 4.78 is 37.3. The lowest BCUT2D eigenvalue weighted by Gasteiger charge is -2.44. The van der Waals surface area contributed by atoms with E-state index in [9.17, 15) is 13.2 Å². The van der Waals surface area contributed by atoms with Crippen LogP contribution in [0.2, 0.25) is 0 Å². The third-order valence-corrected chi connectivity index (χ3v) is 11.6. The zero-order chi connectivity index (χ0) is 29.4. The molecule has 1 saturated carbocycles. The SMILES string of the molecule is COc1ccc2cc(S(=O)(=O)N3CCn4cccc4C3CC(=O)N(C)[C@H]3CCC[C@H](N4CCN(C)CC4)C3)ccc2c1. The molecule has 1 saturated heterocycles. The summed E-state index contributed by atoms with van der Waals surface area (Å²) in [6.45, 7) is 5.23. The van der Waals surface area contributed by atoms with Crippen LogP contribution in [0.15, 0.2) is 59.6 Å². The average molecular weight is 594 g/mol. The second-order valence-corrected chi connectivity index (χ2v) is 14.0. The second kappa shape index (κ2) is 12.0. The zero-order valence-electron chi connectivity index (χ0n) is 25.0. The molecule has 0 N–H and O–H groups in total. The van der Waals surface area contributed by atoms with Crippen LogP contribution in [0.3, 0.4) is 0 Å². The van der Waals surface area contributed by atoms with E-state index < -0.39 is 16.1 Å². The van der Waals surface area contributed by atoms with Crippen LogP contribution in [0.1, 0.15) is 43.8 Å². The molecule has 42 heavy (non-hydrogen) atoms. The van der Waals surface area contributed by atoms with Crippen molar-refractivity contribution in [3.63, 3.8) is 0 Å². The number of carbonyl (C=O) groups excluding carboxylic acids is 1. The molecule has 0 radical (unpaired) electrons. The Bertz CT molecular complexity index is 1530. The summed E-state index contributed by atoms with van der Waals surface area (Å²) in [4.78, 5) is 21.0. The van der Waals surface area contributed by atoms with Gasteiger partial charge in [-0.15, -0.1) is 0 Å². The van der Waals surface area contributed by atoms with Crippen LogP contribution in [0.5, 0.6) is 5.75 Å². The molecule has 2 aliphatic heterocycles. The van der Waals surface area contributed by atoms with E-state index in [1.54, 1.807) is 23.5 Å². The van der Waals surface area contributed by atoms with Gasteiger partial charge in [-0.25, -0.2) is 8.42 Å². The minimum Gasteiger partial charge on any atom is -0.497 e. The third kappa shape index (κ3) is 5.69. The first-order valence-corrected chi connectivity index (χ1v) is 16.6. The molecule has 9 nitrogen and oxygen atoms in total. The smallest absolute Gasteiger partial charge is 0.243 e. The number of piperazine rings is 1. The average Bonchev–Trinajstić information content (AvgIpc) is 3.50. The summed E-state index contributed by atoms with van der Waals surface area (Å²) in [6, 6.07) is 14.8. The number of nitrogens with zero attached hydrogens (tertiary/aromatic N) is 5. The Morgan fingerprint density at radius 1 is 0.976 bits per heavy atom. The minimum atomic E-state index is -3.86. The molecule has 0 bridgehead atoms. The van der Waals surface area contributed by atoms with E-state index in [1.807, 2.05) is 54.5 Å². The highest BCUT2D eigenvalue weighted by atomic mass is 32.2. The van der Waals surface area contributed by atoms with Gasteiger partial charge in [0.2, 0.25) is 15.9 Å². The number of fused-ring (bicyclic) bond motifs is 2. The number of ether oxygens (including phenoxy) is 1. The molecule has 1 amide bonds. The number of hydrogen-bond donors (Lipinski definition) is 0. The van der Waals surface area contributed by atoms with Gasteiger partial charge in [-0.2, -0.15) is 4.31 Å². The Morgan fingerprint density at radius 3 is 2.52 bits per heavy atom. The third-order valence-electron chi connectivity index (χ3n) is 9.72. The Balaban J connectivity index is 1.21. The number of likely N-dealkylation sites (N-methyl/N-ethyl adjacent to an activating group) is 1. The molecule has 6 rings (SSSR count). The number of rotatable bonds is 7. The predicted octanol–water partition coefficient (Wildman–Crippen LogP) is 3.80. The van der Waals surface area contributed by atoms with Gasteiger partial charge in [0, 0.05) is 76.7 Å². The van der Waals surface area contributed by atoms with Gasteiger partial charge in [0.1, 0.15) is 5.75 Å². The Labute approximate surface area is 249 Å². The number of amides is 1. The maximum absolute atomic E-state index is 14.1. The molecule has 2 aromatic carbocycles. The van der Waals surface area contributed by atoms with Crippen molar-refractivity contribution in [2.45, 2.75) is 61.7 Å². The van der Waals surface area contributed by atoms with Gasteiger partial charge in [-0.3, -0.25) is 9.69 Å². The maximum atomic E-state index is 14.1. The number of aromatic nitrogens is 1. The van der Waals surface area contributed by atoms with Crippen LogP contribution in [0, 0.1) is 0 Å².